The SMILES string of the molecule is Cc1ccc(-c2nc(-c3cc(C)ccc3C)c(CCl)s2)cc1. The molecule has 0 radical (unpaired) electrons. The van der Waals surface area contributed by atoms with E-state index >= 15 is 0 Å². The van der Waals surface area contributed by atoms with Crippen LogP contribution in [0.25, 0.3) is 21.8 Å². The molecule has 0 bridgehead atoms. The quantitative estimate of drug-likeness (QED) is 0.526. The van der Waals surface area contributed by atoms with E-state index in [4.69, 9.17) is 16.6 Å². The lowest BCUT2D eigenvalue weighted by Gasteiger charge is -2.06. The van der Waals surface area contributed by atoms with Gasteiger partial charge in [-0.1, -0.05) is 47.5 Å². The van der Waals surface area contributed by atoms with Gasteiger partial charge in [0, 0.05) is 16.0 Å². The Morgan fingerprint density at radius 3 is 2.32 bits per heavy atom. The van der Waals surface area contributed by atoms with Crippen LogP contribution in [0.5, 0.6) is 0 Å². The Bertz CT molecular complexity index is 803. The highest BCUT2D eigenvalue weighted by Crippen LogP contribution is 2.36. The summed E-state index contributed by atoms with van der Waals surface area (Å²) in [5.41, 5.74) is 7.09. The molecule has 2 aromatic carbocycles. The number of hydrogen-bond donors (Lipinski definition) is 0. The topological polar surface area (TPSA) is 12.9 Å². The standard InChI is InChI=1S/C19H18ClNS/c1-12-5-8-15(9-6-12)19-21-18(17(11-20)22-19)16-10-13(2)4-7-14(16)3/h4-10H,11H2,1-3H3. The normalized spacial score (nSPS) is 10.9. The third kappa shape index (κ3) is 2.94. The van der Waals surface area contributed by atoms with Crippen LogP contribution < -0.4 is 0 Å². The summed E-state index contributed by atoms with van der Waals surface area (Å²) in [7, 11) is 0. The van der Waals surface area contributed by atoms with E-state index in [1.54, 1.807) is 11.3 Å². The molecule has 0 aliphatic heterocycles. The van der Waals surface area contributed by atoms with E-state index in [9.17, 15) is 0 Å². The second-order valence-electron chi connectivity index (χ2n) is 5.61. The zero-order valence-corrected chi connectivity index (χ0v) is 14.6. The van der Waals surface area contributed by atoms with Crippen LogP contribution in [-0.2, 0) is 5.88 Å². The fourth-order valence-electron chi connectivity index (χ4n) is 2.46. The van der Waals surface area contributed by atoms with Crippen molar-refractivity contribution in [1.29, 1.82) is 0 Å². The van der Waals surface area contributed by atoms with Crippen molar-refractivity contribution in [3.8, 4) is 21.8 Å². The van der Waals surface area contributed by atoms with Crippen LogP contribution in [0.1, 0.15) is 21.6 Å². The number of aryl methyl sites for hydroxylation is 3. The van der Waals surface area contributed by atoms with Crippen molar-refractivity contribution in [1.82, 2.24) is 4.98 Å². The van der Waals surface area contributed by atoms with E-state index in [1.165, 1.54) is 22.3 Å². The summed E-state index contributed by atoms with van der Waals surface area (Å²) in [4.78, 5) is 6.02. The largest absolute Gasteiger partial charge is 0.236 e. The van der Waals surface area contributed by atoms with E-state index < -0.39 is 0 Å². The van der Waals surface area contributed by atoms with Gasteiger partial charge in [-0.25, -0.2) is 4.98 Å². The van der Waals surface area contributed by atoms with E-state index in [1.807, 2.05) is 0 Å². The molecule has 3 rings (SSSR count). The number of aromatic nitrogens is 1. The van der Waals surface area contributed by atoms with Gasteiger partial charge in [0.15, 0.2) is 0 Å². The summed E-state index contributed by atoms with van der Waals surface area (Å²) in [6.07, 6.45) is 0. The van der Waals surface area contributed by atoms with Crippen molar-refractivity contribution in [2.45, 2.75) is 26.7 Å². The van der Waals surface area contributed by atoms with Gasteiger partial charge in [0.2, 0.25) is 0 Å². The molecule has 22 heavy (non-hydrogen) atoms. The van der Waals surface area contributed by atoms with Crippen LogP contribution in [0, 0.1) is 20.8 Å². The molecule has 0 N–H and O–H groups in total. The molecule has 0 amide bonds. The van der Waals surface area contributed by atoms with E-state index in [0.29, 0.717) is 5.88 Å². The Labute approximate surface area is 140 Å². The van der Waals surface area contributed by atoms with Gasteiger partial charge in [0.1, 0.15) is 5.01 Å². The Hall–Kier alpha value is -1.64. The number of rotatable bonds is 3. The lowest BCUT2D eigenvalue weighted by molar-refractivity contribution is 1.31. The molecule has 1 nitrogen and oxygen atoms in total. The fourth-order valence-corrected chi connectivity index (χ4v) is 3.68. The van der Waals surface area contributed by atoms with E-state index in [0.717, 1.165) is 21.1 Å². The lowest BCUT2D eigenvalue weighted by Crippen LogP contribution is -1.88. The van der Waals surface area contributed by atoms with Crippen LogP contribution in [0.4, 0.5) is 0 Å². The molecule has 112 valence electrons. The summed E-state index contributed by atoms with van der Waals surface area (Å²) >= 11 is 7.86. The highest BCUT2D eigenvalue weighted by atomic mass is 35.5. The van der Waals surface area contributed by atoms with Crippen molar-refractivity contribution in [3.05, 3.63) is 64.0 Å². The van der Waals surface area contributed by atoms with Gasteiger partial charge >= 0.3 is 0 Å². The van der Waals surface area contributed by atoms with Crippen molar-refractivity contribution in [2.24, 2.45) is 0 Å². The average molecular weight is 328 g/mol. The van der Waals surface area contributed by atoms with Gasteiger partial charge < -0.3 is 0 Å². The molecule has 0 fully saturated rings. The maximum atomic E-state index is 6.17. The van der Waals surface area contributed by atoms with Gasteiger partial charge in [-0.05, 0) is 32.4 Å². The first-order valence-electron chi connectivity index (χ1n) is 7.29. The first-order valence-corrected chi connectivity index (χ1v) is 8.64. The number of benzene rings is 2. The first-order chi connectivity index (χ1) is 10.6. The average Bonchev–Trinajstić information content (AvgIpc) is 2.94. The minimum absolute atomic E-state index is 0.492. The van der Waals surface area contributed by atoms with Crippen LogP contribution in [0.2, 0.25) is 0 Å². The second kappa shape index (κ2) is 6.23. The molecule has 0 aliphatic rings. The zero-order chi connectivity index (χ0) is 15.7. The predicted molar refractivity (Wildman–Crippen MR) is 96.8 cm³/mol. The summed E-state index contributed by atoms with van der Waals surface area (Å²) in [5, 5.41) is 1.03. The molecule has 3 aromatic rings. The maximum absolute atomic E-state index is 6.17. The van der Waals surface area contributed by atoms with Crippen molar-refractivity contribution < 1.29 is 0 Å². The first kappa shape index (κ1) is 15.3. The summed E-state index contributed by atoms with van der Waals surface area (Å²) < 4.78 is 0. The van der Waals surface area contributed by atoms with Crippen LogP contribution in [-0.4, -0.2) is 4.98 Å². The molecule has 0 saturated carbocycles. The van der Waals surface area contributed by atoms with E-state index in [2.05, 4.69) is 63.2 Å². The van der Waals surface area contributed by atoms with Gasteiger partial charge in [0.05, 0.1) is 11.6 Å². The van der Waals surface area contributed by atoms with Crippen LogP contribution in [0.3, 0.4) is 0 Å². The highest BCUT2D eigenvalue weighted by molar-refractivity contribution is 7.15. The highest BCUT2D eigenvalue weighted by Gasteiger charge is 2.15. The predicted octanol–water partition coefficient (Wildman–Crippen LogP) is 6.14. The molecule has 0 spiro atoms. The van der Waals surface area contributed by atoms with Gasteiger partial charge in [-0.15, -0.1) is 22.9 Å². The Morgan fingerprint density at radius 2 is 1.64 bits per heavy atom. The molecule has 0 aliphatic carbocycles. The lowest BCUT2D eigenvalue weighted by atomic mass is 10.0. The molecule has 0 saturated heterocycles. The molecule has 0 unspecified atom stereocenters. The Morgan fingerprint density at radius 1 is 0.955 bits per heavy atom. The third-order valence-corrected chi connectivity index (χ3v) is 5.30. The van der Waals surface area contributed by atoms with Crippen LogP contribution >= 0.6 is 22.9 Å². The summed E-state index contributed by atoms with van der Waals surface area (Å²) in [5.74, 6) is 0.492. The molecule has 1 heterocycles. The van der Waals surface area contributed by atoms with Crippen molar-refractivity contribution in [3.63, 3.8) is 0 Å². The van der Waals surface area contributed by atoms with Gasteiger partial charge in [-0.3, -0.25) is 0 Å². The van der Waals surface area contributed by atoms with Crippen molar-refractivity contribution >= 4 is 22.9 Å². The van der Waals surface area contributed by atoms with Crippen LogP contribution in [0.15, 0.2) is 42.5 Å². The Kier molecular flexibility index (Phi) is 4.32. The van der Waals surface area contributed by atoms with Gasteiger partial charge in [-0.2, -0.15) is 0 Å². The maximum Gasteiger partial charge on any atom is 0.124 e. The number of halogens is 1. The van der Waals surface area contributed by atoms with E-state index in [-0.39, 0.29) is 0 Å². The number of alkyl halides is 1. The molecule has 1 aromatic heterocycles. The zero-order valence-electron chi connectivity index (χ0n) is 13.0. The third-order valence-electron chi connectivity index (χ3n) is 3.77. The molecular weight excluding hydrogens is 310 g/mol. The molecule has 0 atom stereocenters. The number of thiazole rings is 1. The number of hydrogen-bond acceptors (Lipinski definition) is 2. The summed E-state index contributed by atoms with van der Waals surface area (Å²) in [6, 6.07) is 15.0. The minimum atomic E-state index is 0.492. The monoisotopic (exact) mass is 327 g/mol. The smallest absolute Gasteiger partial charge is 0.124 e. The minimum Gasteiger partial charge on any atom is -0.236 e. The number of nitrogens with zero attached hydrogens (tertiary/aromatic N) is 1. The Balaban J connectivity index is 2.12. The van der Waals surface area contributed by atoms with Crippen molar-refractivity contribution in [2.75, 3.05) is 0 Å². The fraction of sp³-hybridized carbons (Fsp3) is 0.211. The summed E-state index contributed by atoms with van der Waals surface area (Å²) in [6.45, 7) is 6.33. The molecule has 3 heteroatoms. The van der Waals surface area contributed by atoms with Gasteiger partial charge in [0.25, 0.3) is 0 Å². The molecular formula is C19H18ClNS. The second-order valence-corrected chi connectivity index (χ2v) is 6.96.